The Balaban J connectivity index is 2.37. The summed E-state index contributed by atoms with van der Waals surface area (Å²) in [5.41, 5.74) is 5.32. The molecule has 4 N–H and O–H groups in total. The lowest BCUT2D eigenvalue weighted by atomic mass is 10.2. The summed E-state index contributed by atoms with van der Waals surface area (Å²) in [6, 6.07) is 6.29. The van der Waals surface area contributed by atoms with Gasteiger partial charge in [-0.3, -0.25) is 4.72 Å². The molecule has 104 valence electrons. The SMILES string of the molecule is Nc1cc(C(=O)O)ccc1S(=O)(=O)Nc1cccnn1. The molecule has 0 bridgehead atoms. The van der Waals surface area contributed by atoms with Gasteiger partial charge in [-0.15, -0.1) is 5.10 Å². The Morgan fingerprint density at radius 2 is 2.05 bits per heavy atom. The van der Waals surface area contributed by atoms with E-state index < -0.39 is 16.0 Å². The van der Waals surface area contributed by atoms with Crippen LogP contribution in [0.25, 0.3) is 0 Å². The third-order valence-electron chi connectivity index (χ3n) is 2.36. The third-order valence-corrected chi connectivity index (χ3v) is 3.79. The lowest BCUT2D eigenvalue weighted by molar-refractivity contribution is 0.0697. The van der Waals surface area contributed by atoms with Crippen LogP contribution in [0.2, 0.25) is 0 Å². The van der Waals surface area contributed by atoms with Gasteiger partial charge in [0, 0.05) is 6.20 Å². The zero-order valence-corrected chi connectivity index (χ0v) is 10.8. The molecule has 0 saturated heterocycles. The van der Waals surface area contributed by atoms with Gasteiger partial charge in [-0.25, -0.2) is 13.2 Å². The van der Waals surface area contributed by atoms with E-state index in [2.05, 4.69) is 14.9 Å². The van der Waals surface area contributed by atoms with Gasteiger partial charge in [0.15, 0.2) is 5.82 Å². The molecule has 2 rings (SSSR count). The molecule has 0 aliphatic heterocycles. The first-order valence-corrected chi connectivity index (χ1v) is 6.82. The summed E-state index contributed by atoms with van der Waals surface area (Å²) in [5, 5.41) is 15.9. The van der Waals surface area contributed by atoms with Crippen molar-refractivity contribution in [2.45, 2.75) is 4.90 Å². The molecule has 0 atom stereocenters. The average Bonchev–Trinajstić information content (AvgIpc) is 2.38. The summed E-state index contributed by atoms with van der Waals surface area (Å²) in [7, 11) is -3.96. The quantitative estimate of drug-likeness (QED) is 0.701. The van der Waals surface area contributed by atoms with Crippen molar-refractivity contribution in [3.05, 3.63) is 42.1 Å². The Morgan fingerprint density at radius 1 is 1.30 bits per heavy atom. The first-order valence-electron chi connectivity index (χ1n) is 5.33. The van der Waals surface area contributed by atoms with Gasteiger partial charge in [0.25, 0.3) is 10.0 Å². The lowest BCUT2D eigenvalue weighted by Gasteiger charge is -2.09. The largest absolute Gasteiger partial charge is 0.478 e. The van der Waals surface area contributed by atoms with Crippen LogP contribution in [-0.4, -0.2) is 29.7 Å². The fourth-order valence-corrected chi connectivity index (χ4v) is 2.59. The van der Waals surface area contributed by atoms with Crippen LogP contribution in [0.3, 0.4) is 0 Å². The second kappa shape index (κ2) is 5.13. The van der Waals surface area contributed by atoms with Crippen LogP contribution in [-0.2, 0) is 10.0 Å². The molecular weight excluding hydrogens is 284 g/mol. The second-order valence-corrected chi connectivity index (χ2v) is 5.42. The fraction of sp³-hybridized carbons (Fsp3) is 0. The number of aromatic nitrogens is 2. The third kappa shape index (κ3) is 2.83. The number of hydrogen-bond acceptors (Lipinski definition) is 6. The maximum atomic E-state index is 12.1. The zero-order valence-electron chi connectivity index (χ0n) is 10.0. The van der Waals surface area contributed by atoms with Gasteiger partial charge in [0.05, 0.1) is 11.3 Å². The molecule has 2 aromatic rings. The predicted molar refractivity (Wildman–Crippen MR) is 70.7 cm³/mol. The Bertz CT molecular complexity index is 746. The van der Waals surface area contributed by atoms with E-state index in [4.69, 9.17) is 10.8 Å². The highest BCUT2D eigenvalue weighted by Crippen LogP contribution is 2.21. The van der Waals surface area contributed by atoms with E-state index in [1.807, 2.05) is 0 Å². The zero-order chi connectivity index (χ0) is 14.8. The Hall–Kier alpha value is -2.68. The molecule has 0 unspecified atom stereocenters. The maximum absolute atomic E-state index is 12.1. The molecule has 0 fully saturated rings. The van der Waals surface area contributed by atoms with Crippen molar-refractivity contribution in [2.24, 2.45) is 0 Å². The van der Waals surface area contributed by atoms with Crippen LogP contribution in [0.1, 0.15) is 10.4 Å². The highest BCUT2D eigenvalue weighted by Gasteiger charge is 2.19. The van der Waals surface area contributed by atoms with Crippen LogP contribution in [0, 0.1) is 0 Å². The molecule has 0 saturated carbocycles. The molecule has 0 aliphatic rings. The van der Waals surface area contributed by atoms with Gasteiger partial charge >= 0.3 is 5.97 Å². The van der Waals surface area contributed by atoms with E-state index in [9.17, 15) is 13.2 Å². The summed E-state index contributed by atoms with van der Waals surface area (Å²) in [4.78, 5) is 10.5. The molecule has 0 amide bonds. The maximum Gasteiger partial charge on any atom is 0.335 e. The summed E-state index contributed by atoms with van der Waals surface area (Å²) in [6.45, 7) is 0. The number of carbonyl (C=O) groups is 1. The summed E-state index contributed by atoms with van der Waals surface area (Å²) < 4.78 is 26.4. The summed E-state index contributed by atoms with van der Waals surface area (Å²) in [6.07, 6.45) is 1.40. The van der Waals surface area contributed by atoms with Crippen molar-refractivity contribution in [3.8, 4) is 0 Å². The Morgan fingerprint density at radius 3 is 2.60 bits per heavy atom. The van der Waals surface area contributed by atoms with E-state index in [0.717, 1.165) is 18.2 Å². The molecule has 0 aliphatic carbocycles. The number of nitrogens with zero attached hydrogens (tertiary/aromatic N) is 2. The van der Waals surface area contributed by atoms with Gasteiger partial charge in [-0.1, -0.05) is 0 Å². The number of sulfonamides is 1. The molecule has 1 aromatic heterocycles. The van der Waals surface area contributed by atoms with Crippen LogP contribution >= 0.6 is 0 Å². The van der Waals surface area contributed by atoms with Crippen molar-refractivity contribution >= 4 is 27.5 Å². The minimum Gasteiger partial charge on any atom is -0.478 e. The number of nitrogens with one attached hydrogen (secondary N) is 1. The molecule has 1 heterocycles. The standard InChI is InChI=1S/C11H10N4O4S/c12-8-6-7(11(16)17)3-4-9(8)20(18,19)15-10-2-1-5-13-14-10/h1-6H,12H2,(H,14,15)(H,16,17). The van der Waals surface area contributed by atoms with Crippen molar-refractivity contribution in [3.63, 3.8) is 0 Å². The van der Waals surface area contributed by atoms with E-state index >= 15 is 0 Å². The van der Waals surface area contributed by atoms with Gasteiger partial charge in [-0.2, -0.15) is 5.10 Å². The summed E-state index contributed by atoms with van der Waals surface area (Å²) >= 11 is 0. The molecule has 0 radical (unpaired) electrons. The monoisotopic (exact) mass is 294 g/mol. The normalized spacial score (nSPS) is 11.0. The van der Waals surface area contributed by atoms with Gasteiger partial charge in [0.1, 0.15) is 4.90 Å². The van der Waals surface area contributed by atoms with Crippen LogP contribution < -0.4 is 10.5 Å². The number of carboxylic acid groups (broad SMARTS) is 1. The molecule has 9 heteroatoms. The van der Waals surface area contributed by atoms with E-state index in [0.29, 0.717) is 0 Å². The van der Waals surface area contributed by atoms with Crippen LogP contribution in [0.4, 0.5) is 11.5 Å². The first-order chi connectivity index (χ1) is 9.40. The number of benzene rings is 1. The first kappa shape index (κ1) is 13.7. The number of carboxylic acids is 1. The average molecular weight is 294 g/mol. The number of anilines is 2. The second-order valence-electron chi connectivity index (χ2n) is 3.77. The molecule has 0 spiro atoms. The summed E-state index contributed by atoms with van der Waals surface area (Å²) in [5.74, 6) is -1.16. The molecular formula is C11H10N4O4S. The smallest absolute Gasteiger partial charge is 0.335 e. The minimum absolute atomic E-state index is 0.0363. The van der Waals surface area contributed by atoms with Gasteiger partial charge < -0.3 is 10.8 Å². The number of aromatic carboxylic acids is 1. The number of rotatable bonds is 4. The van der Waals surface area contributed by atoms with Gasteiger partial charge in [-0.05, 0) is 30.3 Å². The topological polar surface area (TPSA) is 135 Å². The Kier molecular flexibility index (Phi) is 3.53. The molecule has 20 heavy (non-hydrogen) atoms. The lowest BCUT2D eigenvalue weighted by Crippen LogP contribution is -2.16. The van der Waals surface area contributed by atoms with Crippen LogP contribution in [0.15, 0.2) is 41.4 Å². The van der Waals surface area contributed by atoms with E-state index in [1.165, 1.54) is 18.3 Å². The predicted octanol–water partition coefficient (Wildman–Crippen LogP) is 0.558. The highest BCUT2D eigenvalue weighted by atomic mass is 32.2. The van der Waals surface area contributed by atoms with Crippen molar-refractivity contribution in [2.75, 3.05) is 10.5 Å². The van der Waals surface area contributed by atoms with Gasteiger partial charge in [0.2, 0.25) is 0 Å². The fourth-order valence-electron chi connectivity index (χ4n) is 1.47. The van der Waals surface area contributed by atoms with Crippen molar-refractivity contribution in [1.29, 1.82) is 0 Å². The Labute approximate surface area is 114 Å². The highest BCUT2D eigenvalue weighted by molar-refractivity contribution is 7.92. The van der Waals surface area contributed by atoms with Crippen molar-refractivity contribution < 1.29 is 18.3 Å². The molecule has 1 aromatic carbocycles. The van der Waals surface area contributed by atoms with Crippen LogP contribution in [0.5, 0.6) is 0 Å². The van der Waals surface area contributed by atoms with Crippen molar-refractivity contribution in [1.82, 2.24) is 10.2 Å². The van der Waals surface area contributed by atoms with E-state index in [-0.39, 0.29) is 22.0 Å². The minimum atomic E-state index is -3.96. The van der Waals surface area contributed by atoms with E-state index in [1.54, 1.807) is 0 Å². The number of nitrogen functional groups attached to an aromatic ring is 1. The number of hydrogen-bond donors (Lipinski definition) is 3. The molecule has 8 nitrogen and oxygen atoms in total. The number of nitrogens with two attached hydrogens (primary N) is 1.